The fraction of sp³-hybridized carbons (Fsp3) is 0.667. The first-order valence-corrected chi connectivity index (χ1v) is 20.1. The van der Waals surface area contributed by atoms with Gasteiger partial charge in [-0.2, -0.15) is 0 Å². The molecule has 2 nitrogen and oxygen atoms in total. The molecule has 1 N–H and O–H groups in total. The van der Waals surface area contributed by atoms with Crippen molar-refractivity contribution in [2.45, 2.75) is 60.6 Å². The summed E-state index contributed by atoms with van der Waals surface area (Å²) >= 11 is -2.10. The van der Waals surface area contributed by atoms with Crippen molar-refractivity contribution in [2.75, 3.05) is 0 Å². The SMILES string of the molecule is CCCC(=O)[NH][Hf+2]([C]1=C(C)C(C)=C(C)C1C)[SiH](C)C.[Cl-].[Cl-]. The maximum atomic E-state index is 12.0. The van der Waals surface area contributed by atoms with Gasteiger partial charge in [0.1, 0.15) is 0 Å². The van der Waals surface area contributed by atoms with Crippen molar-refractivity contribution in [3.63, 3.8) is 0 Å². The quantitative estimate of drug-likeness (QED) is 0.410. The molecule has 0 radical (unpaired) electrons. The van der Waals surface area contributed by atoms with Crippen LogP contribution in [0.25, 0.3) is 0 Å². The van der Waals surface area contributed by atoms with E-state index in [2.05, 4.69) is 51.0 Å². The Morgan fingerprint density at radius 1 is 1.19 bits per heavy atom. The van der Waals surface area contributed by atoms with Crippen molar-refractivity contribution in [1.82, 2.24) is 3.30 Å². The van der Waals surface area contributed by atoms with Gasteiger partial charge in [0.25, 0.3) is 0 Å². The van der Waals surface area contributed by atoms with Crippen molar-refractivity contribution < 1.29 is 50.5 Å². The number of allylic oxidation sites excluding steroid dienone is 4. The Labute approximate surface area is 151 Å². The van der Waals surface area contributed by atoms with Gasteiger partial charge >= 0.3 is 127 Å². The molecule has 0 saturated carbocycles. The first kappa shape index (κ1) is 23.9. The Balaban J connectivity index is 0. The van der Waals surface area contributed by atoms with E-state index in [1.807, 2.05) is 0 Å². The summed E-state index contributed by atoms with van der Waals surface area (Å²) in [6, 6.07) is 0. The van der Waals surface area contributed by atoms with E-state index in [-0.39, 0.29) is 24.8 Å². The average Bonchev–Trinajstić information content (AvgIpc) is 2.52. The van der Waals surface area contributed by atoms with Crippen LogP contribution < -0.4 is 28.1 Å². The summed E-state index contributed by atoms with van der Waals surface area (Å²) in [5, 5.41) is 0. The predicted octanol–water partition coefficient (Wildman–Crippen LogP) is -2.31. The normalized spacial score (nSPS) is 17.6. The Morgan fingerprint density at radius 2 is 1.71 bits per heavy atom. The van der Waals surface area contributed by atoms with Gasteiger partial charge in [-0.1, -0.05) is 0 Å². The second kappa shape index (κ2) is 10.4. The molecular formula is C15H28Cl2HfNOSi. The van der Waals surface area contributed by atoms with E-state index >= 15 is 0 Å². The van der Waals surface area contributed by atoms with Crippen LogP contribution in [0.5, 0.6) is 0 Å². The smallest absolute Gasteiger partial charge is 1.00 e. The van der Waals surface area contributed by atoms with E-state index in [1.54, 1.807) is 3.33 Å². The number of hydrogen-bond acceptors (Lipinski definition) is 1. The molecule has 0 fully saturated rings. The number of nitrogens with one attached hydrogen (secondary N) is 1. The van der Waals surface area contributed by atoms with Crippen LogP contribution in [-0.2, 0) is 25.7 Å². The van der Waals surface area contributed by atoms with Crippen LogP contribution in [0.4, 0.5) is 0 Å². The number of halogens is 2. The molecule has 1 atom stereocenters. The van der Waals surface area contributed by atoms with Crippen molar-refractivity contribution in [3.8, 4) is 0 Å². The summed E-state index contributed by atoms with van der Waals surface area (Å²) in [4.78, 5) is 12.0. The van der Waals surface area contributed by atoms with Crippen molar-refractivity contribution in [3.05, 3.63) is 20.0 Å². The van der Waals surface area contributed by atoms with Gasteiger partial charge in [-0.3, -0.25) is 0 Å². The van der Waals surface area contributed by atoms with Crippen molar-refractivity contribution in [1.29, 1.82) is 0 Å². The van der Waals surface area contributed by atoms with Crippen LogP contribution in [0.3, 0.4) is 0 Å². The van der Waals surface area contributed by atoms with Crippen molar-refractivity contribution >= 4 is 11.9 Å². The first-order valence-electron chi connectivity index (χ1n) is 7.36. The van der Waals surface area contributed by atoms with Gasteiger partial charge in [-0.15, -0.1) is 0 Å². The zero-order valence-corrected chi connectivity index (χ0v) is 20.5. The zero-order valence-electron chi connectivity index (χ0n) is 14.2. The molecule has 0 spiro atoms. The largest absolute Gasteiger partial charge is 1.00 e. The Hall–Kier alpha value is 0.617. The van der Waals surface area contributed by atoms with Gasteiger partial charge in [0, 0.05) is 0 Å². The summed E-state index contributed by atoms with van der Waals surface area (Å²) in [6.07, 6.45) is 1.65. The second-order valence-electron chi connectivity index (χ2n) is 5.93. The molecule has 21 heavy (non-hydrogen) atoms. The molecule has 0 aromatic rings. The number of hydrogen-bond donors (Lipinski definition) is 1. The zero-order chi connectivity index (χ0) is 14.7. The summed E-state index contributed by atoms with van der Waals surface area (Å²) in [5.74, 6) is 0.134. The van der Waals surface area contributed by atoms with Gasteiger partial charge in [0.15, 0.2) is 0 Å². The molecule has 0 aliphatic heterocycles. The molecule has 1 aliphatic rings. The molecule has 0 aromatic carbocycles. The van der Waals surface area contributed by atoms with Crippen LogP contribution in [0.15, 0.2) is 20.0 Å². The Kier molecular flexibility index (Phi) is 11.8. The minimum Gasteiger partial charge on any atom is -1.00 e. The molecule has 6 heteroatoms. The van der Waals surface area contributed by atoms with E-state index in [0.29, 0.717) is 18.2 Å². The fourth-order valence-corrected chi connectivity index (χ4v) is 25.2. The van der Waals surface area contributed by atoms with Gasteiger partial charge < -0.3 is 24.8 Å². The summed E-state index contributed by atoms with van der Waals surface area (Å²) in [6.45, 7) is 16.0. The maximum absolute atomic E-state index is 12.0. The molecule has 0 aromatic heterocycles. The second-order valence-corrected chi connectivity index (χ2v) is 31.2. The van der Waals surface area contributed by atoms with E-state index in [1.165, 1.54) is 16.7 Å². The first-order chi connectivity index (χ1) is 8.81. The molecule has 1 unspecified atom stereocenters. The maximum Gasteiger partial charge on any atom is -1.00 e. The third-order valence-electron chi connectivity index (χ3n) is 4.26. The van der Waals surface area contributed by atoms with Crippen LogP contribution >= 0.6 is 0 Å². The molecular weight excluding hydrogens is 488 g/mol. The number of carbonyl (C=O) groups is 1. The van der Waals surface area contributed by atoms with Gasteiger partial charge in [-0.25, -0.2) is 0 Å². The monoisotopic (exact) mass is 516 g/mol. The minimum absolute atomic E-state index is 0. The van der Waals surface area contributed by atoms with E-state index in [0.717, 1.165) is 6.42 Å². The number of amides is 1. The number of carbonyl (C=O) groups excluding carboxylic acids is 1. The van der Waals surface area contributed by atoms with Crippen LogP contribution in [0.1, 0.15) is 47.5 Å². The van der Waals surface area contributed by atoms with E-state index in [9.17, 15) is 4.79 Å². The fourth-order valence-electron chi connectivity index (χ4n) is 2.76. The molecule has 1 amide bonds. The molecule has 1 aliphatic carbocycles. The van der Waals surface area contributed by atoms with Crippen LogP contribution in [-0.4, -0.2) is 11.9 Å². The van der Waals surface area contributed by atoms with E-state index in [4.69, 9.17) is 0 Å². The van der Waals surface area contributed by atoms with E-state index < -0.39 is 26.9 Å². The Bertz CT molecular complexity index is 435. The summed E-state index contributed by atoms with van der Waals surface area (Å²) in [7, 11) is 0. The molecule has 0 saturated heterocycles. The predicted molar refractivity (Wildman–Crippen MR) is 82.2 cm³/mol. The summed E-state index contributed by atoms with van der Waals surface area (Å²) < 4.78 is 5.20. The van der Waals surface area contributed by atoms with Gasteiger partial charge in [0.05, 0.1) is 0 Å². The molecule has 0 heterocycles. The van der Waals surface area contributed by atoms with Crippen LogP contribution in [0, 0.1) is 5.92 Å². The van der Waals surface area contributed by atoms with Crippen molar-refractivity contribution in [2.24, 2.45) is 5.92 Å². The topological polar surface area (TPSA) is 29.1 Å². The molecule has 0 bridgehead atoms. The van der Waals surface area contributed by atoms with Gasteiger partial charge in [-0.05, 0) is 0 Å². The average molecular weight is 516 g/mol. The molecule has 1 rings (SSSR count). The Morgan fingerprint density at radius 3 is 2.05 bits per heavy atom. The third-order valence-corrected chi connectivity index (χ3v) is 28.5. The summed E-state index contributed by atoms with van der Waals surface area (Å²) in [5.41, 5.74) is 4.50. The van der Waals surface area contributed by atoms with Gasteiger partial charge in [0.2, 0.25) is 0 Å². The molecule has 121 valence electrons. The third kappa shape index (κ3) is 5.63. The van der Waals surface area contributed by atoms with Crippen LogP contribution in [0.2, 0.25) is 13.1 Å². The number of rotatable bonds is 5. The standard InChI is InChI=1S/C9H13.C4H9NO.C2H7Si.2ClH.Hf/c1-6-5-7(2)9(4)8(6)3;1-2-3-4(5)6;1-3-2;;;/h6H,1-4H3;2-3H2,1H3,(H2,5,6);3H,1-2H3;2*1H;/q;;;;;+3/p-3. The minimum atomic E-state index is -2.10.